The summed E-state index contributed by atoms with van der Waals surface area (Å²) in [5.41, 5.74) is -0.727. The molecule has 1 saturated carbocycles. The Bertz CT molecular complexity index is 426. The zero-order valence-corrected chi connectivity index (χ0v) is 8.82. The first-order valence-corrected chi connectivity index (χ1v) is 5.25. The molecular weight excluding hydrogens is 194 g/mol. The van der Waals surface area contributed by atoms with Gasteiger partial charge in [-0.3, -0.25) is 4.98 Å². The molecule has 0 atom stereocenters. The largest absolute Gasteiger partial charge is 0.353 e. The predicted octanol–water partition coefficient (Wildman–Crippen LogP) is 0.512. The minimum Gasteiger partial charge on any atom is -0.298 e. The molecule has 1 N–H and O–H groups in total. The number of aromatic amines is 1. The van der Waals surface area contributed by atoms with Crippen molar-refractivity contribution >= 4 is 0 Å². The van der Waals surface area contributed by atoms with Crippen LogP contribution in [0.3, 0.4) is 0 Å². The number of hydrogen-bond acceptors (Lipinski definition) is 3. The number of H-pyrrole nitrogens is 1. The fourth-order valence-corrected chi connectivity index (χ4v) is 2.29. The maximum absolute atomic E-state index is 11.4. The molecule has 0 bridgehead atoms. The first-order chi connectivity index (χ1) is 7.11. The zero-order chi connectivity index (χ0) is 10.9. The van der Waals surface area contributed by atoms with Crippen LogP contribution in [-0.2, 0) is 6.54 Å². The third-order valence-corrected chi connectivity index (χ3v) is 3.19. The Labute approximate surface area is 87.2 Å². The highest BCUT2D eigenvalue weighted by molar-refractivity contribution is 4.82. The van der Waals surface area contributed by atoms with Gasteiger partial charge in [0.2, 0.25) is 0 Å². The minimum atomic E-state index is -0.452. The maximum Gasteiger partial charge on any atom is 0.353 e. The highest BCUT2D eigenvalue weighted by Crippen LogP contribution is 2.38. The topological polar surface area (TPSA) is 67.8 Å². The Morgan fingerprint density at radius 1 is 1.47 bits per heavy atom. The van der Waals surface area contributed by atoms with Crippen molar-refractivity contribution in [3.05, 3.63) is 27.3 Å². The standard InChI is InChI=1S/C10H15N3O2/c1-10(4-2-3-5-10)6-13-8(14)11-7-12-9(13)15/h7H,2-6H2,1H3,(H,11,12,14,15). The van der Waals surface area contributed by atoms with E-state index in [1.165, 1.54) is 17.4 Å². The van der Waals surface area contributed by atoms with E-state index in [-0.39, 0.29) is 11.1 Å². The predicted molar refractivity (Wildman–Crippen MR) is 55.7 cm³/mol. The van der Waals surface area contributed by atoms with Crippen molar-refractivity contribution < 1.29 is 0 Å². The van der Waals surface area contributed by atoms with Gasteiger partial charge in [-0.15, -0.1) is 0 Å². The monoisotopic (exact) mass is 209 g/mol. The van der Waals surface area contributed by atoms with Crippen molar-refractivity contribution in [3.8, 4) is 0 Å². The Balaban J connectivity index is 2.31. The molecule has 0 radical (unpaired) electrons. The second-order valence-corrected chi connectivity index (χ2v) is 4.59. The second kappa shape index (κ2) is 3.64. The molecule has 1 aromatic heterocycles. The molecule has 1 fully saturated rings. The van der Waals surface area contributed by atoms with E-state index >= 15 is 0 Å². The van der Waals surface area contributed by atoms with E-state index in [0.29, 0.717) is 6.54 Å². The Morgan fingerprint density at radius 3 is 2.73 bits per heavy atom. The van der Waals surface area contributed by atoms with E-state index in [4.69, 9.17) is 0 Å². The van der Waals surface area contributed by atoms with E-state index in [2.05, 4.69) is 16.9 Å². The lowest BCUT2D eigenvalue weighted by Gasteiger charge is -2.23. The minimum absolute atomic E-state index is 0.0832. The van der Waals surface area contributed by atoms with Gasteiger partial charge >= 0.3 is 11.4 Å². The summed E-state index contributed by atoms with van der Waals surface area (Å²) in [6, 6.07) is 0. The van der Waals surface area contributed by atoms with Crippen molar-refractivity contribution in [1.29, 1.82) is 0 Å². The molecule has 1 heterocycles. The first kappa shape index (κ1) is 10.1. The van der Waals surface area contributed by atoms with Crippen LogP contribution >= 0.6 is 0 Å². The summed E-state index contributed by atoms with van der Waals surface area (Å²) in [6.07, 6.45) is 5.67. The van der Waals surface area contributed by atoms with E-state index in [0.717, 1.165) is 19.2 Å². The van der Waals surface area contributed by atoms with E-state index in [1.54, 1.807) is 0 Å². The highest BCUT2D eigenvalue weighted by Gasteiger charge is 2.29. The van der Waals surface area contributed by atoms with Gasteiger partial charge in [-0.1, -0.05) is 19.8 Å². The van der Waals surface area contributed by atoms with Crippen LogP contribution in [0, 0.1) is 5.41 Å². The van der Waals surface area contributed by atoms with Gasteiger partial charge in [0.1, 0.15) is 6.33 Å². The number of hydrogen-bond donors (Lipinski definition) is 1. The molecule has 2 rings (SSSR count). The molecule has 1 aliphatic carbocycles. The fraction of sp³-hybridized carbons (Fsp3) is 0.700. The maximum atomic E-state index is 11.4. The molecule has 5 heteroatoms. The molecular formula is C10H15N3O2. The molecule has 0 saturated heterocycles. The van der Waals surface area contributed by atoms with Crippen molar-refractivity contribution in [1.82, 2.24) is 14.5 Å². The van der Waals surface area contributed by atoms with Crippen LogP contribution in [0.4, 0.5) is 0 Å². The van der Waals surface area contributed by atoms with Crippen molar-refractivity contribution in [2.75, 3.05) is 0 Å². The van der Waals surface area contributed by atoms with Crippen molar-refractivity contribution in [2.24, 2.45) is 5.41 Å². The molecule has 0 aliphatic heterocycles. The molecule has 82 valence electrons. The molecule has 0 spiro atoms. The molecule has 15 heavy (non-hydrogen) atoms. The summed E-state index contributed by atoms with van der Waals surface area (Å²) in [5.74, 6) is 0. The summed E-state index contributed by atoms with van der Waals surface area (Å²) in [5, 5.41) is 0. The van der Waals surface area contributed by atoms with Crippen LogP contribution in [-0.4, -0.2) is 14.5 Å². The van der Waals surface area contributed by atoms with Crippen LogP contribution in [0.5, 0.6) is 0 Å². The summed E-state index contributed by atoms with van der Waals surface area (Å²) in [4.78, 5) is 28.8. The van der Waals surface area contributed by atoms with E-state index in [9.17, 15) is 9.59 Å². The van der Waals surface area contributed by atoms with Crippen LogP contribution in [0.25, 0.3) is 0 Å². The summed E-state index contributed by atoms with van der Waals surface area (Å²) < 4.78 is 1.20. The molecule has 1 aliphatic rings. The molecule has 0 aromatic carbocycles. The molecule has 0 unspecified atom stereocenters. The summed E-state index contributed by atoms with van der Waals surface area (Å²) >= 11 is 0. The molecule has 5 nitrogen and oxygen atoms in total. The fourth-order valence-electron chi connectivity index (χ4n) is 2.29. The van der Waals surface area contributed by atoms with Crippen molar-refractivity contribution in [2.45, 2.75) is 39.2 Å². The van der Waals surface area contributed by atoms with Crippen LogP contribution < -0.4 is 11.4 Å². The van der Waals surface area contributed by atoms with Crippen LogP contribution in [0.2, 0.25) is 0 Å². The normalized spacial score (nSPS) is 19.3. The third-order valence-electron chi connectivity index (χ3n) is 3.19. The Kier molecular flexibility index (Phi) is 2.46. The van der Waals surface area contributed by atoms with E-state index < -0.39 is 5.69 Å². The highest BCUT2D eigenvalue weighted by atomic mass is 16.2. The number of nitrogens with one attached hydrogen (secondary N) is 1. The zero-order valence-electron chi connectivity index (χ0n) is 8.82. The number of nitrogens with zero attached hydrogens (tertiary/aromatic N) is 2. The number of rotatable bonds is 2. The third kappa shape index (κ3) is 2.00. The van der Waals surface area contributed by atoms with Gasteiger partial charge in [0.15, 0.2) is 0 Å². The van der Waals surface area contributed by atoms with Gasteiger partial charge in [-0.05, 0) is 18.3 Å². The van der Waals surface area contributed by atoms with Gasteiger partial charge in [-0.25, -0.2) is 14.2 Å². The van der Waals surface area contributed by atoms with Crippen LogP contribution in [0.1, 0.15) is 32.6 Å². The Hall–Kier alpha value is -1.39. The van der Waals surface area contributed by atoms with E-state index in [1.807, 2.05) is 0 Å². The summed E-state index contributed by atoms with van der Waals surface area (Å²) in [6.45, 7) is 2.61. The van der Waals surface area contributed by atoms with Gasteiger partial charge in [0, 0.05) is 6.54 Å². The van der Waals surface area contributed by atoms with Gasteiger partial charge < -0.3 is 0 Å². The number of aromatic nitrogens is 3. The smallest absolute Gasteiger partial charge is 0.298 e. The quantitative estimate of drug-likeness (QED) is 0.771. The molecule has 1 aromatic rings. The van der Waals surface area contributed by atoms with Gasteiger partial charge in [0.25, 0.3) is 0 Å². The lowest BCUT2D eigenvalue weighted by atomic mass is 9.89. The van der Waals surface area contributed by atoms with Crippen molar-refractivity contribution in [3.63, 3.8) is 0 Å². The second-order valence-electron chi connectivity index (χ2n) is 4.59. The summed E-state index contributed by atoms with van der Waals surface area (Å²) in [7, 11) is 0. The molecule has 0 amide bonds. The first-order valence-electron chi connectivity index (χ1n) is 5.25. The average Bonchev–Trinajstić information content (AvgIpc) is 2.60. The Morgan fingerprint density at radius 2 is 2.13 bits per heavy atom. The van der Waals surface area contributed by atoms with Gasteiger partial charge in [0.05, 0.1) is 0 Å². The SMILES string of the molecule is CC1(Cn2c(=O)nc[nH]c2=O)CCCC1. The van der Waals surface area contributed by atoms with Gasteiger partial charge in [-0.2, -0.15) is 4.98 Å². The lowest BCUT2D eigenvalue weighted by molar-refractivity contribution is 0.270. The average molecular weight is 209 g/mol. The van der Waals surface area contributed by atoms with Crippen LogP contribution in [0.15, 0.2) is 15.9 Å². The lowest BCUT2D eigenvalue weighted by Crippen LogP contribution is -2.40.